The summed E-state index contributed by atoms with van der Waals surface area (Å²) >= 11 is 0. The van der Waals surface area contributed by atoms with Crippen LogP contribution in [0.15, 0.2) is 23.1 Å². The van der Waals surface area contributed by atoms with E-state index in [9.17, 15) is 18.0 Å². The van der Waals surface area contributed by atoms with Crippen LogP contribution in [0.4, 0.5) is 0 Å². The van der Waals surface area contributed by atoms with Gasteiger partial charge in [0.15, 0.2) is 6.61 Å². The SMILES string of the molecule is CCN(CC)S(=O)(=O)c1ccc(C)c(C(=O)OCC(=O)NC2CC2)c1. The number of sulfonamides is 1. The van der Waals surface area contributed by atoms with E-state index in [1.165, 1.54) is 16.4 Å². The van der Waals surface area contributed by atoms with Crippen LogP contribution in [0.25, 0.3) is 0 Å². The zero-order valence-electron chi connectivity index (χ0n) is 14.7. The molecule has 1 N–H and O–H groups in total. The fourth-order valence-corrected chi connectivity index (χ4v) is 3.88. The highest BCUT2D eigenvalue weighted by molar-refractivity contribution is 7.89. The first kappa shape index (κ1) is 19.4. The molecule has 25 heavy (non-hydrogen) atoms. The van der Waals surface area contributed by atoms with Crippen LogP contribution in [0.5, 0.6) is 0 Å². The van der Waals surface area contributed by atoms with Crippen molar-refractivity contribution in [3.63, 3.8) is 0 Å². The molecule has 0 saturated heterocycles. The summed E-state index contributed by atoms with van der Waals surface area (Å²) in [5.41, 5.74) is 0.735. The molecule has 1 amide bonds. The molecule has 0 atom stereocenters. The Kier molecular flexibility index (Phi) is 6.18. The number of hydrogen-bond acceptors (Lipinski definition) is 5. The summed E-state index contributed by atoms with van der Waals surface area (Å²) in [4.78, 5) is 23.9. The third-order valence-corrected chi connectivity index (χ3v) is 6.09. The molecule has 138 valence electrons. The minimum absolute atomic E-state index is 0.0381. The number of benzene rings is 1. The molecule has 1 aliphatic carbocycles. The molecular weight excluding hydrogens is 344 g/mol. The van der Waals surface area contributed by atoms with Crippen molar-refractivity contribution >= 4 is 21.9 Å². The molecule has 2 rings (SSSR count). The van der Waals surface area contributed by atoms with Crippen molar-refractivity contribution in [2.75, 3.05) is 19.7 Å². The first-order valence-electron chi connectivity index (χ1n) is 8.36. The summed E-state index contributed by atoms with van der Waals surface area (Å²) in [6.07, 6.45) is 1.90. The third kappa shape index (κ3) is 4.79. The highest BCUT2D eigenvalue weighted by atomic mass is 32.2. The summed E-state index contributed by atoms with van der Waals surface area (Å²) in [5.74, 6) is -1.06. The van der Waals surface area contributed by atoms with Crippen LogP contribution in [0.1, 0.15) is 42.6 Å². The van der Waals surface area contributed by atoms with E-state index in [4.69, 9.17) is 4.74 Å². The topological polar surface area (TPSA) is 92.8 Å². The molecule has 1 aromatic carbocycles. The van der Waals surface area contributed by atoms with Crippen LogP contribution in [-0.4, -0.2) is 50.3 Å². The first-order chi connectivity index (χ1) is 11.8. The summed E-state index contributed by atoms with van der Waals surface area (Å²) < 4.78 is 31.5. The molecule has 0 spiro atoms. The normalized spacial score (nSPS) is 14.4. The number of carbonyl (C=O) groups is 2. The van der Waals surface area contributed by atoms with Gasteiger partial charge in [0, 0.05) is 19.1 Å². The lowest BCUT2D eigenvalue weighted by molar-refractivity contribution is -0.124. The van der Waals surface area contributed by atoms with Gasteiger partial charge in [-0.15, -0.1) is 0 Å². The zero-order chi connectivity index (χ0) is 18.6. The monoisotopic (exact) mass is 368 g/mol. The van der Waals surface area contributed by atoms with Gasteiger partial charge in [-0.05, 0) is 37.5 Å². The predicted octanol–water partition coefficient (Wildman–Crippen LogP) is 1.46. The van der Waals surface area contributed by atoms with Crippen LogP contribution in [0.3, 0.4) is 0 Å². The van der Waals surface area contributed by atoms with Gasteiger partial charge in [-0.1, -0.05) is 19.9 Å². The van der Waals surface area contributed by atoms with E-state index in [2.05, 4.69) is 5.32 Å². The highest BCUT2D eigenvalue weighted by Gasteiger charge is 2.25. The Morgan fingerprint density at radius 3 is 2.44 bits per heavy atom. The summed E-state index contributed by atoms with van der Waals surface area (Å²) in [7, 11) is -3.67. The van der Waals surface area contributed by atoms with E-state index in [-0.39, 0.29) is 29.0 Å². The Morgan fingerprint density at radius 1 is 1.24 bits per heavy atom. The number of carbonyl (C=O) groups excluding carboxylic acids is 2. The van der Waals surface area contributed by atoms with E-state index in [1.54, 1.807) is 26.8 Å². The van der Waals surface area contributed by atoms with Gasteiger partial charge < -0.3 is 10.1 Å². The quantitative estimate of drug-likeness (QED) is 0.701. The third-order valence-electron chi connectivity index (χ3n) is 4.05. The Hall–Kier alpha value is -1.93. The van der Waals surface area contributed by atoms with Crippen LogP contribution in [0.2, 0.25) is 0 Å². The second-order valence-corrected chi connectivity index (χ2v) is 7.92. The molecule has 8 heteroatoms. The van der Waals surface area contributed by atoms with Crippen molar-refractivity contribution in [2.45, 2.75) is 44.6 Å². The lowest BCUT2D eigenvalue weighted by Gasteiger charge is -2.19. The van der Waals surface area contributed by atoms with E-state index in [0.29, 0.717) is 18.7 Å². The smallest absolute Gasteiger partial charge is 0.338 e. The van der Waals surface area contributed by atoms with E-state index in [0.717, 1.165) is 12.8 Å². The standard InChI is InChI=1S/C17H24N2O5S/c1-4-19(5-2)25(22,23)14-9-6-12(3)15(10-14)17(21)24-11-16(20)18-13-7-8-13/h6,9-10,13H,4-5,7-8,11H2,1-3H3,(H,18,20). The fourth-order valence-electron chi connectivity index (χ4n) is 2.40. The number of amides is 1. The number of rotatable bonds is 8. The maximum Gasteiger partial charge on any atom is 0.338 e. The van der Waals surface area contributed by atoms with Gasteiger partial charge in [0.2, 0.25) is 10.0 Å². The Balaban J connectivity index is 2.14. The largest absolute Gasteiger partial charge is 0.452 e. The van der Waals surface area contributed by atoms with Crippen molar-refractivity contribution < 1.29 is 22.7 Å². The highest BCUT2D eigenvalue weighted by Crippen LogP contribution is 2.21. The molecule has 0 aliphatic heterocycles. The van der Waals surface area contributed by atoms with Gasteiger partial charge in [0.1, 0.15) is 0 Å². The zero-order valence-corrected chi connectivity index (χ0v) is 15.6. The maximum atomic E-state index is 12.6. The molecular formula is C17H24N2O5S. The van der Waals surface area contributed by atoms with Crippen molar-refractivity contribution in [3.05, 3.63) is 29.3 Å². The lowest BCUT2D eigenvalue weighted by Crippen LogP contribution is -2.31. The van der Waals surface area contributed by atoms with Crippen LogP contribution in [0, 0.1) is 6.92 Å². The molecule has 0 bridgehead atoms. The Bertz CT molecular complexity index is 752. The summed E-state index contributed by atoms with van der Waals surface area (Å²) in [6.45, 7) is 5.50. The fraction of sp³-hybridized carbons (Fsp3) is 0.529. The summed E-state index contributed by atoms with van der Waals surface area (Å²) in [6, 6.07) is 4.54. The molecule has 0 heterocycles. The average molecular weight is 368 g/mol. The van der Waals surface area contributed by atoms with Gasteiger partial charge in [-0.2, -0.15) is 4.31 Å². The second kappa shape index (κ2) is 7.97. The van der Waals surface area contributed by atoms with Gasteiger partial charge >= 0.3 is 5.97 Å². The van der Waals surface area contributed by atoms with Gasteiger partial charge in [-0.3, -0.25) is 4.79 Å². The van der Waals surface area contributed by atoms with Gasteiger partial charge in [0.25, 0.3) is 5.91 Å². The van der Waals surface area contributed by atoms with Gasteiger partial charge in [0.05, 0.1) is 10.5 Å². The molecule has 7 nitrogen and oxygen atoms in total. The van der Waals surface area contributed by atoms with Crippen molar-refractivity contribution in [2.24, 2.45) is 0 Å². The number of hydrogen-bond donors (Lipinski definition) is 1. The Labute approximate surface area is 148 Å². The van der Waals surface area contributed by atoms with Crippen molar-refractivity contribution in [3.8, 4) is 0 Å². The second-order valence-electron chi connectivity index (χ2n) is 5.98. The van der Waals surface area contributed by atoms with Crippen LogP contribution in [-0.2, 0) is 19.6 Å². The minimum Gasteiger partial charge on any atom is -0.452 e. The molecule has 0 aromatic heterocycles. The van der Waals surface area contributed by atoms with E-state index < -0.39 is 16.0 Å². The number of ether oxygens (including phenoxy) is 1. The number of nitrogens with one attached hydrogen (secondary N) is 1. The molecule has 1 aromatic rings. The van der Waals surface area contributed by atoms with Gasteiger partial charge in [-0.25, -0.2) is 13.2 Å². The predicted molar refractivity (Wildman–Crippen MR) is 92.7 cm³/mol. The molecule has 1 saturated carbocycles. The molecule has 1 fully saturated rings. The summed E-state index contributed by atoms with van der Waals surface area (Å²) in [5, 5.41) is 2.72. The van der Waals surface area contributed by atoms with Crippen LogP contribution < -0.4 is 5.32 Å². The number of nitrogens with zero attached hydrogens (tertiary/aromatic N) is 1. The lowest BCUT2D eigenvalue weighted by atomic mass is 10.1. The molecule has 0 unspecified atom stereocenters. The first-order valence-corrected chi connectivity index (χ1v) is 9.80. The van der Waals surface area contributed by atoms with Crippen LogP contribution >= 0.6 is 0 Å². The Morgan fingerprint density at radius 2 is 1.88 bits per heavy atom. The van der Waals surface area contributed by atoms with Crippen molar-refractivity contribution in [1.29, 1.82) is 0 Å². The number of esters is 1. The van der Waals surface area contributed by atoms with E-state index in [1.807, 2.05) is 0 Å². The van der Waals surface area contributed by atoms with E-state index >= 15 is 0 Å². The maximum absolute atomic E-state index is 12.6. The molecule has 0 radical (unpaired) electrons. The van der Waals surface area contributed by atoms with Crippen molar-refractivity contribution in [1.82, 2.24) is 9.62 Å². The average Bonchev–Trinajstić information content (AvgIpc) is 3.37. The molecule has 1 aliphatic rings. The number of aryl methyl sites for hydroxylation is 1. The minimum atomic E-state index is -3.67.